The molecule has 0 aromatic heterocycles. The Labute approximate surface area is 107 Å². The van der Waals surface area contributed by atoms with E-state index in [2.05, 4.69) is 42.9 Å². The first-order chi connectivity index (χ1) is 8.06. The van der Waals surface area contributed by atoms with Gasteiger partial charge in [-0.1, -0.05) is 0 Å². The van der Waals surface area contributed by atoms with E-state index in [0.717, 1.165) is 18.1 Å². The van der Waals surface area contributed by atoms with Gasteiger partial charge in [0.25, 0.3) is 0 Å². The number of hydrogen-bond acceptors (Lipinski definition) is 3. The molecule has 0 saturated carbocycles. The van der Waals surface area contributed by atoms with Crippen LogP contribution in [0.2, 0.25) is 0 Å². The van der Waals surface area contributed by atoms with E-state index in [4.69, 9.17) is 0 Å². The quantitative estimate of drug-likeness (QED) is 0.806. The lowest BCUT2D eigenvalue weighted by molar-refractivity contribution is 0.161. The summed E-state index contributed by atoms with van der Waals surface area (Å²) in [5, 5.41) is 3.89. The summed E-state index contributed by atoms with van der Waals surface area (Å²) in [5.74, 6) is 0. The molecule has 2 fully saturated rings. The summed E-state index contributed by atoms with van der Waals surface area (Å²) < 4.78 is 0. The lowest BCUT2D eigenvalue weighted by Crippen LogP contribution is -2.49. The maximum absolute atomic E-state index is 3.89. The minimum absolute atomic E-state index is 0.707. The smallest absolute Gasteiger partial charge is 0.0209 e. The molecule has 3 atom stereocenters. The third kappa shape index (κ3) is 3.43. The van der Waals surface area contributed by atoms with Crippen molar-refractivity contribution >= 4 is 0 Å². The predicted octanol–water partition coefficient (Wildman–Crippen LogP) is 1.54. The Hall–Kier alpha value is -0.120. The Morgan fingerprint density at radius 3 is 2.41 bits per heavy atom. The average Bonchev–Trinajstić information content (AvgIpc) is 2.72. The van der Waals surface area contributed by atoms with Gasteiger partial charge in [-0.2, -0.15) is 0 Å². The highest BCUT2D eigenvalue weighted by atomic mass is 15.2. The number of rotatable bonds is 3. The lowest BCUT2D eigenvalue weighted by Gasteiger charge is -2.36. The molecule has 1 N–H and O–H groups in total. The zero-order valence-electron chi connectivity index (χ0n) is 11.9. The van der Waals surface area contributed by atoms with E-state index < -0.39 is 0 Å². The second-order valence-electron chi connectivity index (χ2n) is 6.29. The normalized spacial score (nSPS) is 36.9. The van der Waals surface area contributed by atoms with Gasteiger partial charge in [0.15, 0.2) is 0 Å². The summed E-state index contributed by atoms with van der Waals surface area (Å²) in [6.45, 7) is 10.7. The highest BCUT2D eigenvalue weighted by molar-refractivity contribution is 4.88. The van der Waals surface area contributed by atoms with E-state index in [-0.39, 0.29) is 0 Å². The second-order valence-corrected chi connectivity index (χ2v) is 6.29. The van der Waals surface area contributed by atoms with E-state index in [1.165, 1.54) is 38.9 Å². The molecule has 2 aliphatic heterocycles. The summed E-state index contributed by atoms with van der Waals surface area (Å²) in [6, 6.07) is 2.93. The molecule has 0 aliphatic carbocycles. The van der Waals surface area contributed by atoms with Crippen molar-refractivity contribution < 1.29 is 0 Å². The van der Waals surface area contributed by atoms with Crippen LogP contribution in [0.15, 0.2) is 0 Å². The first kappa shape index (κ1) is 13.3. The molecule has 17 heavy (non-hydrogen) atoms. The largest absolute Gasteiger partial charge is 0.310 e. The number of nitrogens with one attached hydrogen (secondary N) is 1. The Morgan fingerprint density at radius 1 is 1.12 bits per heavy atom. The molecule has 100 valence electrons. The predicted molar refractivity (Wildman–Crippen MR) is 73.4 cm³/mol. The molecule has 0 aromatic carbocycles. The Balaban J connectivity index is 1.75. The first-order valence-corrected chi connectivity index (χ1v) is 7.26. The fourth-order valence-electron chi connectivity index (χ4n) is 3.17. The molecular formula is C14H29N3. The second kappa shape index (κ2) is 5.68. The minimum atomic E-state index is 0.707. The molecule has 3 unspecified atom stereocenters. The summed E-state index contributed by atoms with van der Waals surface area (Å²) >= 11 is 0. The van der Waals surface area contributed by atoms with Crippen molar-refractivity contribution in [2.24, 2.45) is 0 Å². The molecule has 2 aliphatic rings. The van der Waals surface area contributed by atoms with Crippen molar-refractivity contribution in [2.45, 2.75) is 64.2 Å². The summed E-state index contributed by atoms with van der Waals surface area (Å²) in [5.41, 5.74) is 0. The highest BCUT2D eigenvalue weighted by Gasteiger charge is 2.28. The van der Waals surface area contributed by atoms with Crippen molar-refractivity contribution in [1.82, 2.24) is 15.1 Å². The van der Waals surface area contributed by atoms with Crippen LogP contribution < -0.4 is 5.32 Å². The SMILES string of the molecule is CC1CC(NC2CCN(C(C)C)C2)CCN1C. The molecule has 0 aromatic rings. The maximum Gasteiger partial charge on any atom is 0.0209 e. The van der Waals surface area contributed by atoms with Crippen molar-refractivity contribution in [3.8, 4) is 0 Å². The lowest BCUT2D eigenvalue weighted by atomic mass is 9.98. The van der Waals surface area contributed by atoms with Gasteiger partial charge in [-0.3, -0.25) is 4.90 Å². The fraction of sp³-hybridized carbons (Fsp3) is 1.00. The topological polar surface area (TPSA) is 18.5 Å². The molecule has 3 heteroatoms. The monoisotopic (exact) mass is 239 g/mol. The molecule has 2 heterocycles. The Kier molecular flexibility index (Phi) is 4.45. The molecule has 3 nitrogen and oxygen atoms in total. The van der Waals surface area contributed by atoms with Gasteiger partial charge in [-0.05, 0) is 60.2 Å². The van der Waals surface area contributed by atoms with E-state index in [1.807, 2.05) is 0 Å². The van der Waals surface area contributed by atoms with Crippen LogP contribution in [0, 0.1) is 0 Å². The fourth-order valence-corrected chi connectivity index (χ4v) is 3.17. The van der Waals surface area contributed by atoms with Gasteiger partial charge in [-0.15, -0.1) is 0 Å². The summed E-state index contributed by atoms with van der Waals surface area (Å²) in [6.07, 6.45) is 3.96. The Bertz CT molecular complexity index is 242. The van der Waals surface area contributed by atoms with Crippen LogP contribution >= 0.6 is 0 Å². The summed E-state index contributed by atoms with van der Waals surface area (Å²) in [4.78, 5) is 5.07. The van der Waals surface area contributed by atoms with Crippen molar-refractivity contribution in [2.75, 3.05) is 26.7 Å². The van der Waals surface area contributed by atoms with Crippen LogP contribution in [-0.4, -0.2) is 60.6 Å². The van der Waals surface area contributed by atoms with Gasteiger partial charge in [0.1, 0.15) is 0 Å². The standard InChI is InChI=1S/C14H29N3/c1-11(2)17-8-6-14(10-17)15-13-5-7-16(4)12(3)9-13/h11-15H,5-10H2,1-4H3. The number of likely N-dealkylation sites (tertiary alicyclic amines) is 2. The molecule has 0 bridgehead atoms. The Morgan fingerprint density at radius 2 is 1.82 bits per heavy atom. The first-order valence-electron chi connectivity index (χ1n) is 7.26. The molecule has 2 saturated heterocycles. The number of hydrogen-bond donors (Lipinski definition) is 1. The van der Waals surface area contributed by atoms with Gasteiger partial charge in [0.2, 0.25) is 0 Å². The van der Waals surface area contributed by atoms with Crippen LogP contribution in [0.3, 0.4) is 0 Å². The molecule has 2 rings (SSSR count). The van der Waals surface area contributed by atoms with Crippen molar-refractivity contribution in [1.29, 1.82) is 0 Å². The minimum Gasteiger partial charge on any atom is -0.310 e. The molecule has 0 spiro atoms. The number of nitrogens with zero attached hydrogens (tertiary/aromatic N) is 2. The van der Waals surface area contributed by atoms with E-state index in [1.54, 1.807) is 0 Å². The van der Waals surface area contributed by atoms with Crippen LogP contribution in [0.25, 0.3) is 0 Å². The molecule has 0 amide bonds. The van der Waals surface area contributed by atoms with Gasteiger partial charge >= 0.3 is 0 Å². The van der Waals surface area contributed by atoms with Crippen LogP contribution in [0.1, 0.15) is 40.0 Å². The van der Waals surface area contributed by atoms with Gasteiger partial charge in [-0.25, -0.2) is 0 Å². The van der Waals surface area contributed by atoms with Gasteiger partial charge < -0.3 is 10.2 Å². The van der Waals surface area contributed by atoms with Gasteiger partial charge in [0.05, 0.1) is 0 Å². The third-order valence-electron chi connectivity index (χ3n) is 4.63. The van der Waals surface area contributed by atoms with E-state index >= 15 is 0 Å². The zero-order valence-corrected chi connectivity index (χ0v) is 11.9. The van der Waals surface area contributed by atoms with Crippen LogP contribution in [-0.2, 0) is 0 Å². The van der Waals surface area contributed by atoms with Crippen LogP contribution in [0.4, 0.5) is 0 Å². The number of piperidine rings is 1. The molecule has 0 radical (unpaired) electrons. The van der Waals surface area contributed by atoms with Gasteiger partial charge in [0, 0.05) is 30.7 Å². The van der Waals surface area contributed by atoms with E-state index in [0.29, 0.717) is 6.04 Å². The van der Waals surface area contributed by atoms with Crippen molar-refractivity contribution in [3.63, 3.8) is 0 Å². The average molecular weight is 239 g/mol. The summed E-state index contributed by atoms with van der Waals surface area (Å²) in [7, 11) is 2.25. The van der Waals surface area contributed by atoms with Crippen LogP contribution in [0.5, 0.6) is 0 Å². The maximum atomic E-state index is 3.89. The third-order valence-corrected chi connectivity index (χ3v) is 4.63. The highest BCUT2D eigenvalue weighted by Crippen LogP contribution is 2.19. The zero-order chi connectivity index (χ0) is 12.4. The molecular weight excluding hydrogens is 210 g/mol. The van der Waals surface area contributed by atoms with E-state index in [9.17, 15) is 0 Å². The van der Waals surface area contributed by atoms with Crippen molar-refractivity contribution in [3.05, 3.63) is 0 Å².